The highest BCUT2D eigenvalue weighted by Crippen LogP contribution is 2.22. The SMILES string of the molecule is Cc1cccc(C(=O)NCC2CC=CCC2)c1O. The molecular formula is C15H19NO2. The Bertz CT molecular complexity index is 466. The number of allylic oxidation sites excluding steroid dienone is 2. The first-order valence-corrected chi connectivity index (χ1v) is 6.40. The molecule has 0 bridgehead atoms. The van der Waals surface area contributed by atoms with Gasteiger partial charge in [-0.25, -0.2) is 0 Å². The fourth-order valence-corrected chi connectivity index (χ4v) is 2.22. The molecular weight excluding hydrogens is 226 g/mol. The first kappa shape index (κ1) is 12.7. The standard InChI is InChI=1S/C15H19NO2/c1-11-6-5-9-13(14(11)17)15(18)16-10-12-7-3-2-4-8-12/h2-3,5-6,9,12,17H,4,7-8,10H2,1H3,(H,16,18). The van der Waals surface area contributed by atoms with Crippen molar-refractivity contribution in [3.05, 3.63) is 41.5 Å². The van der Waals surface area contributed by atoms with Gasteiger partial charge in [-0.3, -0.25) is 4.79 Å². The molecule has 3 heteroatoms. The third-order valence-electron chi connectivity index (χ3n) is 3.41. The predicted molar refractivity (Wildman–Crippen MR) is 71.7 cm³/mol. The Balaban J connectivity index is 1.95. The Morgan fingerprint density at radius 1 is 1.44 bits per heavy atom. The molecule has 1 aromatic rings. The summed E-state index contributed by atoms with van der Waals surface area (Å²) in [6, 6.07) is 5.23. The Hall–Kier alpha value is -1.77. The summed E-state index contributed by atoms with van der Waals surface area (Å²) in [6.45, 7) is 2.47. The summed E-state index contributed by atoms with van der Waals surface area (Å²) in [6.07, 6.45) is 7.60. The molecule has 0 heterocycles. The van der Waals surface area contributed by atoms with Crippen molar-refractivity contribution in [2.45, 2.75) is 26.2 Å². The van der Waals surface area contributed by atoms with Crippen molar-refractivity contribution in [3.63, 3.8) is 0 Å². The molecule has 2 rings (SSSR count). The number of carbonyl (C=O) groups is 1. The van der Waals surface area contributed by atoms with Gasteiger partial charge in [0.1, 0.15) is 5.75 Å². The zero-order chi connectivity index (χ0) is 13.0. The monoisotopic (exact) mass is 245 g/mol. The van der Waals surface area contributed by atoms with E-state index in [1.807, 2.05) is 0 Å². The lowest BCUT2D eigenvalue weighted by Crippen LogP contribution is -2.29. The molecule has 0 radical (unpaired) electrons. The van der Waals surface area contributed by atoms with Crippen LogP contribution in [0.5, 0.6) is 5.75 Å². The van der Waals surface area contributed by atoms with E-state index < -0.39 is 0 Å². The quantitative estimate of drug-likeness (QED) is 0.804. The number of hydrogen-bond acceptors (Lipinski definition) is 2. The van der Waals surface area contributed by atoms with E-state index in [1.54, 1.807) is 25.1 Å². The highest BCUT2D eigenvalue weighted by Gasteiger charge is 2.15. The van der Waals surface area contributed by atoms with E-state index in [2.05, 4.69) is 17.5 Å². The maximum absolute atomic E-state index is 12.0. The summed E-state index contributed by atoms with van der Waals surface area (Å²) in [5.41, 5.74) is 1.09. The summed E-state index contributed by atoms with van der Waals surface area (Å²) in [4.78, 5) is 12.0. The molecule has 0 aromatic heterocycles. The average Bonchev–Trinajstić information content (AvgIpc) is 2.40. The average molecular weight is 245 g/mol. The Morgan fingerprint density at radius 2 is 2.28 bits per heavy atom. The van der Waals surface area contributed by atoms with Gasteiger partial charge in [-0.15, -0.1) is 0 Å². The van der Waals surface area contributed by atoms with E-state index in [0.29, 0.717) is 18.0 Å². The summed E-state index contributed by atoms with van der Waals surface area (Å²) in [5, 5.41) is 12.7. The van der Waals surface area contributed by atoms with Crippen LogP contribution in [0, 0.1) is 12.8 Å². The number of hydrogen-bond donors (Lipinski definition) is 2. The fraction of sp³-hybridized carbons (Fsp3) is 0.400. The van der Waals surface area contributed by atoms with Crippen molar-refractivity contribution >= 4 is 5.91 Å². The van der Waals surface area contributed by atoms with Crippen LogP contribution in [0.25, 0.3) is 0 Å². The molecule has 1 aliphatic rings. The normalized spacial score (nSPS) is 18.6. The third-order valence-corrected chi connectivity index (χ3v) is 3.41. The first-order chi connectivity index (χ1) is 8.68. The van der Waals surface area contributed by atoms with E-state index in [4.69, 9.17) is 0 Å². The van der Waals surface area contributed by atoms with E-state index in [0.717, 1.165) is 24.8 Å². The van der Waals surface area contributed by atoms with Crippen LogP contribution in [0.15, 0.2) is 30.4 Å². The third kappa shape index (κ3) is 2.92. The van der Waals surface area contributed by atoms with E-state index in [1.165, 1.54) is 0 Å². The van der Waals surface area contributed by atoms with Crippen molar-refractivity contribution in [2.75, 3.05) is 6.54 Å². The molecule has 96 valence electrons. The molecule has 1 aromatic carbocycles. The first-order valence-electron chi connectivity index (χ1n) is 6.40. The maximum atomic E-state index is 12.0. The molecule has 0 saturated carbocycles. The van der Waals surface area contributed by atoms with Crippen LogP contribution in [0.4, 0.5) is 0 Å². The number of para-hydroxylation sites is 1. The van der Waals surface area contributed by atoms with Crippen molar-refractivity contribution in [2.24, 2.45) is 5.92 Å². The maximum Gasteiger partial charge on any atom is 0.255 e. The lowest BCUT2D eigenvalue weighted by molar-refractivity contribution is 0.0943. The van der Waals surface area contributed by atoms with Gasteiger partial charge in [-0.05, 0) is 43.7 Å². The van der Waals surface area contributed by atoms with Crippen molar-refractivity contribution in [1.82, 2.24) is 5.32 Å². The van der Waals surface area contributed by atoms with Crippen molar-refractivity contribution in [1.29, 1.82) is 0 Å². The van der Waals surface area contributed by atoms with Crippen molar-refractivity contribution in [3.8, 4) is 5.75 Å². The lowest BCUT2D eigenvalue weighted by atomic mass is 9.94. The summed E-state index contributed by atoms with van der Waals surface area (Å²) >= 11 is 0. The second-order valence-electron chi connectivity index (χ2n) is 4.83. The van der Waals surface area contributed by atoms with Gasteiger partial charge >= 0.3 is 0 Å². The molecule has 1 aliphatic carbocycles. The number of phenolic OH excluding ortho intramolecular Hbond substituents is 1. The second-order valence-corrected chi connectivity index (χ2v) is 4.83. The van der Waals surface area contributed by atoms with Gasteiger partial charge in [0, 0.05) is 6.54 Å². The van der Waals surface area contributed by atoms with Gasteiger partial charge in [0.25, 0.3) is 5.91 Å². The number of nitrogens with one attached hydrogen (secondary N) is 1. The number of amides is 1. The van der Waals surface area contributed by atoms with Gasteiger partial charge in [-0.2, -0.15) is 0 Å². The van der Waals surface area contributed by atoms with Crippen LogP contribution in [-0.4, -0.2) is 17.6 Å². The van der Waals surface area contributed by atoms with Crippen LogP contribution in [0.2, 0.25) is 0 Å². The molecule has 2 N–H and O–H groups in total. The summed E-state index contributed by atoms with van der Waals surface area (Å²) < 4.78 is 0. The van der Waals surface area contributed by atoms with E-state index in [9.17, 15) is 9.90 Å². The second kappa shape index (κ2) is 5.71. The number of aromatic hydroxyl groups is 1. The van der Waals surface area contributed by atoms with E-state index in [-0.39, 0.29) is 11.7 Å². The Labute approximate surface area is 108 Å². The number of carbonyl (C=O) groups excluding carboxylic acids is 1. The Kier molecular flexibility index (Phi) is 4.03. The van der Waals surface area contributed by atoms with Crippen molar-refractivity contribution < 1.29 is 9.90 Å². The number of phenols is 1. The smallest absolute Gasteiger partial charge is 0.255 e. The number of benzene rings is 1. The molecule has 1 atom stereocenters. The largest absolute Gasteiger partial charge is 0.507 e. The summed E-state index contributed by atoms with van der Waals surface area (Å²) in [5.74, 6) is 0.412. The van der Waals surface area contributed by atoms with E-state index >= 15 is 0 Å². The van der Waals surface area contributed by atoms with Crippen LogP contribution in [-0.2, 0) is 0 Å². The predicted octanol–water partition coefficient (Wildman–Crippen LogP) is 2.79. The Morgan fingerprint density at radius 3 is 3.00 bits per heavy atom. The minimum Gasteiger partial charge on any atom is -0.507 e. The molecule has 0 spiro atoms. The van der Waals surface area contributed by atoms with Crippen LogP contribution < -0.4 is 5.32 Å². The molecule has 0 saturated heterocycles. The molecule has 3 nitrogen and oxygen atoms in total. The highest BCUT2D eigenvalue weighted by atomic mass is 16.3. The van der Waals surface area contributed by atoms with Gasteiger partial charge in [-0.1, -0.05) is 24.3 Å². The number of rotatable bonds is 3. The molecule has 1 unspecified atom stereocenters. The van der Waals surface area contributed by atoms with Crippen LogP contribution in [0.3, 0.4) is 0 Å². The van der Waals surface area contributed by atoms with Gasteiger partial charge in [0.15, 0.2) is 0 Å². The molecule has 0 fully saturated rings. The van der Waals surface area contributed by atoms with Gasteiger partial charge in [0.2, 0.25) is 0 Å². The van der Waals surface area contributed by atoms with Gasteiger partial charge in [0.05, 0.1) is 5.56 Å². The summed E-state index contributed by atoms with van der Waals surface area (Å²) in [7, 11) is 0. The zero-order valence-electron chi connectivity index (χ0n) is 10.6. The fourth-order valence-electron chi connectivity index (χ4n) is 2.22. The topological polar surface area (TPSA) is 49.3 Å². The lowest BCUT2D eigenvalue weighted by Gasteiger charge is -2.18. The molecule has 1 amide bonds. The number of aryl methyl sites for hydroxylation is 1. The molecule has 0 aliphatic heterocycles. The minimum atomic E-state index is -0.189. The van der Waals surface area contributed by atoms with Gasteiger partial charge < -0.3 is 10.4 Å². The highest BCUT2D eigenvalue weighted by molar-refractivity contribution is 5.97. The van der Waals surface area contributed by atoms with Crippen LogP contribution in [0.1, 0.15) is 35.2 Å². The van der Waals surface area contributed by atoms with Crippen LogP contribution >= 0.6 is 0 Å². The molecule has 18 heavy (non-hydrogen) atoms. The zero-order valence-corrected chi connectivity index (χ0v) is 10.6. The minimum absolute atomic E-state index is 0.0820.